The number of ether oxygens (including phenoxy) is 1. The van der Waals surface area contributed by atoms with Crippen LogP contribution in [0.3, 0.4) is 0 Å². The number of amides is 2. The van der Waals surface area contributed by atoms with Gasteiger partial charge in [-0.2, -0.15) is 0 Å². The molecule has 2 aliphatic rings. The predicted molar refractivity (Wildman–Crippen MR) is 129 cm³/mol. The summed E-state index contributed by atoms with van der Waals surface area (Å²) in [6.45, 7) is 2.36. The fourth-order valence-electron chi connectivity index (χ4n) is 4.53. The molecule has 0 spiro atoms. The van der Waals surface area contributed by atoms with Crippen molar-refractivity contribution in [2.75, 3.05) is 38.7 Å². The van der Waals surface area contributed by atoms with E-state index >= 15 is 0 Å². The van der Waals surface area contributed by atoms with Crippen LogP contribution in [0.25, 0.3) is 0 Å². The van der Waals surface area contributed by atoms with Crippen LogP contribution in [0.4, 0.5) is 5.69 Å². The molecule has 2 aliphatic heterocycles. The van der Waals surface area contributed by atoms with Crippen molar-refractivity contribution in [2.24, 2.45) is 5.92 Å². The summed E-state index contributed by atoms with van der Waals surface area (Å²) in [4.78, 5) is 42.5. The number of thiophene rings is 1. The maximum absolute atomic E-state index is 13.4. The minimum atomic E-state index is -0.506. The standard InChI is InChI=1S/C24H28ClN3O4S/c1-27-11-9-15-3-4-17(13-16(15)10-12-27)28-14-19(18(24(28)31)5-8-22(29)32-2)26-23(30)20-6-7-21(25)33-20/h3-4,6-7,13,18-19H,5,8-12,14H2,1-2H3,(H,26,30)/t18-,19+/m1/s1. The summed E-state index contributed by atoms with van der Waals surface area (Å²) in [6, 6.07) is 9.13. The van der Waals surface area contributed by atoms with E-state index in [0.717, 1.165) is 31.6 Å². The quantitative estimate of drug-likeness (QED) is 0.631. The number of hydrogen-bond donors (Lipinski definition) is 1. The van der Waals surface area contributed by atoms with Crippen molar-refractivity contribution < 1.29 is 19.1 Å². The second kappa shape index (κ2) is 10.2. The minimum absolute atomic E-state index is 0.0842. The van der Waals surface area contributed by atoms with Crippen molar-refractivity contribution in [3.05, 3.63) is 50.7 Å². The van der Waals surface area contributed by atoms with Crippen LogP contribution >= 0.6 is 22.9 Å². The summed E-state index contributed by atoms with van der Waals surface area (Å²) in [5.74, 6) is -1.22. The third kappa shape index (κ3) is 5.39. The first-order valence-electron chi connectivity index (χ1n) is 11.1. The molecule has 1 saturated heterocycles. The molecule has 4 rings (SSSR count). The van der Waals surface area contributed by atoms with E-state index in [2.05, 4.69) is 29.4 Å². The van der Waals surface area contributed by atoms with Crippen molar-refractivity contribution in [2.45, 2.75) is 31.7 Å². The molecule has 1 aromatic heterocycles. The van der Waals surface area contributed by atoms with E-state index < -0.39 is 12.0 Å². The summed E-state index contributed by atoms with van der Waals surface area (Å²) >= 11 is 7.17. The Morgan fingerprint density at radius 2 is 1.94 bits per heavy atom. The molecule has 9 heteroatoms. The zero-order chi connectivity index (χ0) is 23.5. The Labute approximate surface area is 202 Å². The average Bonchev–Trinajstić information content (AvgIpc) is 3.31. The molecule has 3 heterocycles. The Kier molecular flexibility index (Phi) is 7.36. The lowest BCUT2D eigenvalue weighted by atomic mass is 9.97. The molecule has 7 nitrogen and oxygen atoms in total. The lowest BCUT2D eigenvalue weighted by molar-refractivity contribution is -0.141. The van der Waals surface area contributed by atoms with Gasteiger partial charge in [0.15, 0.2) is 0 Å². The van der Waals surface area contributed by atoms with Gasteiger partial charge in [0.05, 0.1) is 28.3 Å². The number of nitrogens with one attached hydrogen (secondary N) is 1. The first-order chi connectivity index (χ1) is 15.9. The van der Waals surface area contributed by atoms with E-state index in [0.29, 0.717) is 22.2 Å². The van der Waals surface area contributed by atoms with Crippen LogP contribution in [0.15, 0.2) is 30.3 Å². The molecular formula is C24H28ClN3O4S. The SMILES string of the molecule is COC(=O)CC[C@H]1C(=O)N(c2ccc3c(c2)CCN(C)CC3)C[C@@H]1NC(=O)c1ccc(Cl)s1. The molecule has 1 aromatic carbocycles. The maximum Gasteiger partial charge on any atom is 0.305 e. The molecule has 1 fully saturated rings. The summed E-state index contributed by atoms with van der Waals surface area (Å²) in [7, 11) is 3.45. The molecule has 1 N–H and O–H groups in total. The molecule has 2 aromatic rings. The van der Waals surface area contributed by atoms with Gasteiger partial charge in [0.25, 0.3) is 5.91 Å². The highest BCUT2D eigenvalue weighted by atomic mass is 35.5. The van der Waals surface area contributed by atoms with Crippen LogP contribution in [0, 0.1) is 5.92 Å². The van der Waals surface area contributed by atoms with E-state index in [1.54, 1.807) is 17.0 Å². The highest BCUT2D eigenvalue weighted by molar-refractivity contribution is 7.18. The fourth-order valence-corrected chi connectivity index (χ4v) is 5.48. The number of carbonyl (C=O) groups is 3. The molecule has 2 amide bonds. The van der Waals surface area contributed by atoms with Gasteiger partial charge >= 0.3 is 5.97 Å². The number of benzene rings is 1. The fraction of sp³-hybridized carbons (Fsp3) is 0.458. The van der Waals surface area contributed by atoms with E-state index in [1.165, 1.54) is 29.6 Å². The topological polar surface area (TPSA) is 79.0 Å². The van der Waals surface area contributed by atoms with Gasteiger partial charge in [0, 0.05) is 31.7 Å². The molecule has 0 radical (unpaired) electrons. The number of anilines is 1. The van der Waals surface area contributed by atoms with Gasteiger partial charge < -0.3 is 19.9 Å². The lowest BCUT2D eigenvalue weighted by Gasteiger charge is -2.19. The van der Waals surface area contributed by atoms with Crippen LogP contribution in [-0.4, -0.2) is 62.5 Å². The first-order valence-corrected chi connectivity index (χ1v) is 12.3. The van der Waals surface area contributed by atoms with Crippen molar-refractivity contribution >= 4 is 46.4 Å². The van der Waals surface area contributed by atoms with Crippen molar-refractivity contribution in [1.82, 2.24) is 10.2 Å². The van der Waals surface area contributed by atoms with Gasteiger partial charge in [-0.1, -0.05) is 17.7 Å². The second-order valence-electron chi connectivity index (χ2n) is 8.61. The Morgan fingerprint density at radius 3 is 2.64 bits per heavy atom. The number of fused-ring (bicyclic) bond motifs is 1. The Balaban J connectivity index is 1.55. The minimum Gasteiger partial charge on any atom is -0.469 e. The van der Waals surface area contributed by atoms with Crippen molar-refractivity contribution in [3.63, 3.8) is 0 Å². The van der Waals surface area contributed by atoms with Gasteiger partial charge in [-0.05, 0) is 61.7 Å². The number of halogens is 1. The number of esters is 1. The van der Waals surface area contributed by atoms with E-state index in [9.17, 15) is 14.4 Å². The lowest BCUT2D eigenvalue weighted by Crippen LogP contribution is -2.40. The number of rotatable bonds is 6. The van der Waals surface area contributed by atoms with Crippen LogP contribution in [0.5, 0.6) is 0 Å². The summed E-state index contributed by atoms with van der Waals surface area (Å²) < 4.78 is 5.29. The van der Waals surface area contributed by atoms with Crippen LogP contribution in [0.1, 0.15) is 33.6 Å². The number of nitrogens with zero attached hydrogens (tertiary/aromatic N) is 2. The number of likely N-dealkylation sites (N-methyl/N-ethyl adjacent to an activating group) is 1. The third-order valence-corrected chi connectivity index (χ3v) is 7.71. The zero-order valence-corrected chi connectivity index (χ0v) is 20.4. The molecule has 0 aliphatic carbocycles. The Bertz CT molecular complexity index is 1060. The smallest absolute Gasteiger partial charge is 0.305 e. The monoisotopic (exact) mass is 489 g/mol. The number of hydrogen-bond acceptors (Lipinski definition) is 6. The molecular weight excluding hydrogens is 462 g/mol. The Hall–Kier alpha value is -2.42. The number of methoxy groups -OCH3 is 1. The highest BCUT2D eigenvalue weighted by Crippen LogP contribution is 2.31. The third-order valence-electron chi connectivity index (χ3n) is 6.48. The van der Waals surface area contributed by atoms with Crippen LogP contribution in [-0.2, 0) is 27.2 Å². The molecule has 0 bridgehead atoms. The number of carbonyl (C=O) groups excluding carboxylic acids is 3. The maximum atomic E-state index is 13.4. The van der Waals surface area contributed by atoms with Crippen molar-refractivity contribution in [1.29, 1.82) is 0 Å². The van der Waals surface area contributed by atoms with Gasteiger partial charge in [-0.15, -0.1) is 11.3 Å². The van der Waals surface area contributed by atoms with Crippen LogP contribution < -0.4 is 10.2 Å². The molecule has 0 unspecified atom stereocenters. The largest absolute Gasteiger partial charge is 0.469 e. The molecule has 176 valence electrons. The van der Waals surface area contributed by atoms with Crippen molar-refractivity contribution in [3.8, 4) is 0 Å². The van der Waals surface area contributed by atoms with Gasteiger partial charge in [-0.3, -0.25) is 14.4 Å². The second-order valence-corrected chi connectivity index (χ2v) is 10.3. The summed E-state index contributed by atoms with van der Waals surface area (Å²) in [5, 5.41) is 3.00. The first kappa shape index (κ1) is 23.7. The Morgan fingerprint density at radius 1 is 1.18 bits per heavy atom. The molecule has 0 saturated carbocycles. The van der Waals surface area contributed by atoms with E-state index in [1.807, 2.05) is 6.07 Å². The van der Waals surface area contributed by atoms with Gasteiger partial charge in [0.1, 0.15) is 0 Å². The van der Waals surface area contributed by atoms with Gasteiger partial charge in [-0.25, -0.2) is 0 Å². The predicted octanol–water partition coefficient (Wildman–Crippen LogP) is 3.15. The molecule has 2 atom stereocenters. The normalized spacial score (nSPS) is 20.9. The summed E-state index contributed by atoms with van der Waals surface area (Å²) in [5.41, 5.74) is 3.41. The average molecular weight is 490 g/mol. The van der Waals surface area contributed by atoms with E-state index in [4.69, 9.17) is 16.3 Å². The highest BCUT2D eigenvalue weighted by Gasteiger charge is 2.42. The zero-order valence-electron chi connectivity index (χ0n) is 18.8. The van der Waals surface area contributed by atoms with E-state index in [-0.39, 0.29) is 24.2 Å². The van der Waals surface area contributed by atoms with Crippen LogP contribution in [0.2, 0.25) is 4.34 Å². The van der Waals surface area contributed by atoms with Gasteiger partial charge in [0.2, 0.25) is 5.91 Å². The molecule has 33 heavy (non-hydrogen) atoms. The summed E-state index contributed by atoms with van der Waals surface area (Å²) in [6.07, 6.45) is 2.36.